The monoisotopic (exact) mass is 486 g/mol. The number of Topliss-reactive ketones (excluding diaryl/α,β-unsaturated/α-hetero) is 1. The van der Waals surface area contributed by atoms with Gasteiger partial charge in [0.25, 0.3) is 5.56 Å². The smallest absolute Gasteiger partial charge is 0.258 e. The van der Waals surface area contributed by atoms with Crippen molar-refractivity contribution in [3.8, 4) is 11.1 Å². The topological polar surface area (TPSA) is 59.6 Å². The molecular formula is C28H30N4O2S. The zero-order valence-corrected chi connectivity index (χ0v) is 21.5. The number of nitrogens with zero attached hydrogens (tertiary/aromatic N) is 4. The summed E-state index contributed by atoms with van der Waals surface area (Å²) in [5.41, 5.74) is 7.82. The van der Waals surface area contributed by atoms with Crippen LogP contribution in [0.1, 0.15) is 53.8 Å². The van der Waals surface area contributed by atoms with E-state index >= 15 is 0 Å². The van der Waals surface area contributed by atoms with Crippen LogP contribution in [0.25, 0.3) is 16.1 Å². The van der Waals surface area contributed by atoms with Gasteiger partial charge in [-0.05, 0) is 51.0 Å². The minimum absolute atomic E-state index is 0.00187. The van der Waals surface area contributed by atoms with Crippen LogP contribution in [0.4, 0.5) is 0 Å². The van der Waals surface area contributed by atoms with Crippen molar-refractivity contribution in [2.45, 2.75) is 53.8 Å². The van der Waals surface area contributed by atoms with Gasteiger partial charge in [0.15, 0.2) is 10.7 Å². The van der Waals surface area contributed by atoms with E-state index in [-0.39, 0.29) is 11.3 Å². The molecule has 3 aromatic heterocycles. The van der Waals surface area contributed by atoms with Crippen molar-refractivity contribution in [3.63, 3.8) is 0 Å². The summed E-state index contributed by atoms with van der Waals surface area (Å²) >= 11 is 1.65. The first-order valence-electron chi connectivity index (χ1n) is 12.0. The number of pyridine rings is 1. The molecule has 6 nitrogen and oxygen atoms in total. The quantitative estimate of drug-likeness (QED) is 0.276. The molecule has 0 fully saturated rings. The van der Waals surface area contributed by atoms with Crippen LogP contribution in [0.3, 0.4) is 0 Å². The van der Waals surface area contributed by atoms with Crippen molar-refractivity contribution < 1.29 is 4.79 Å². The number of imidazole rings is 1. The highest BCUT2D eigenvalue weighted by molar-refractivity contribution is 7.15. The zero-order chi connectivity index (χ0) is 24.7. The normalized spacial score (nSPS) is 13.7. The fourth-order valence-electron chi connectivity index (χ4n) is 4.83. The summed E-state index contributed by atoms with van der Waals surface area (Å²) in [5, 5.41) is 2.07. The summed E-state index contributed by atoms with van der Waals surface area (Å²) in [6.45, 7) is 10.8. The molecule has 0 bridgehead atoms. The molecule has 0 saturated carbocycles. The van der Waals surface area contributed by atoms with Crippen molar-refractivity contribution in [3.05, 3.63) is 92.1 Å². The highest BCUT2D eigenvalue weighted by atomic mass is 32.1. The number of hydrogen-bond donors (Lipinski definition) is 0. The maximum Gasteiger partial charge on any atom is 0.258 e. The van der Waals surface area contributed by atoms with Crippen molar-refractivity contribution >= 4 is 22.1 Å². The van der Waals surface area contributed by atoms with Gasteiger partial charge >= 0.3 is 0 Å². The number of benzene rings is 1. The molecule has 1 aliphatic rings. The fourth-order valence-corrected chi connectivity index (χ4v) is 5.61. The number of allylic oxidation sites excluding steroid dienone is 2. The summed E-state index contributed by atoms with van der Waals surface area (Å²) < 4.78 is 4.11. The van der Waals surface area contributed by atoms with E-state index in [0.717, 1.165) is 48.0 Å². The van der Waals surface area contributed by atoms with E-state index in [1.807, 2.05) is 28.8 Å². The van der Waals surface area contributed by atoms with Crippen LogP contribution in [0.5, 0.6) is 0 Å². The number of thiazole rings is 1. The molecule has 0 atom stereocenters. The Labute approximate surface area is 209 Å². The van der Waals surface area contributed by atoms with Gasteiger partial charge in [-0.2, -0.15) is 0 Å². The van der Waals surface area contributed by atoms with Gasteiger partial charge in [0, 0.05) is 61.0 Å². The van der Waals surface area contributed by atoms with E-state index in [9.17, 15) is 9.59 Å². The molecule has 7 heteroatoms. The third-order valence-corrected chi connectivity index (χ3v) is 7.50. The Bertz CT molecular complexity index is 1520. The molecule has 1 aliphatic heterocycles. The predicted octanol–water partition coefficient (Wildman–Crippen LogP) is 5.26. The molecule has 4 aromatic rings. The van der Waals surface area contributed by atoms with Gasteiger partial charge in [-0.15, -0.1) is 11.3 Å². The second kappa shape index (κ2) is 9.40. The number of fused-ring (bicyclic) bond motifs is 2. The van der Waals surface area contributed by atoms with Crippen LogP contribution in [0.15, 0.2) is 58.4 Å². The summed E-state index contributed by atoms with van der Waals surface area (Å²) in [4.78, 5) is 33.8. The summed E-state index contributed by atoms with van der Waals surface area (Å²) in [7, 11) is 0. The van der Waals surface area contributed by atoms with E-state index in [2.05, 4.69) is 47.7 Å². The largest absolute Gasteiger partial charge is 0.308 e. The second-order valence-corrected chi connectivity index (χ2v) is 10.4. The van der Waals surface area contributed by atoms with Crippen LogP contribution >= 0.6 is 11.3 Å². The molecule has 1 aromatic carbocycles. The number of aryl methyl sites for hydroxylation is 1. The maximum absolute atomic E-state index is 13.7. The second-order valence-electron chi connectivity index (χ2n) is 9.52. The van der Waals surface area contributed by atoms with E-state index in [1.54, 1.807) is 24.3 Å². The lowest BCUT2D eigenvalue weighted by molar-refractivity contribution is 0.101. The first-order valence-corrected chi connectivity index (χ1v) is 12.8. The van der Waals surface area contributed by atoms with E-state index < -0.39 is 0 Å². The van der Waals surface area contributed by atoms with Gasteiger partial charge < -0.3 is 4.57 Å². The number of ketones is 1. The van der Waals surface area contributed by atoms with E-state index in [4.69, 9.17) is 4.98 Å². The molecule has 0 radical (unpaired) electrons. The Hall–Kier alpha value is -3.29. The Morgan fingerprint density at radius 1 is 1.20 bits per heavy atom. The number of hydrogen-bond acceptors (Lipinski definition) is 5. The van der Waals surface area contributed by atoms with Crippen molar-refractivity contribution in [1.29, 1.82) is 0 Å². The number of rotatable bonds is 6. The van der Waals surface area contributed by atoms with Crippen LogP contribution in [0.2, 0.25) is 0 Å². The van der Waals surface area contributed by atoms with Gasteiger partial charge in [0.2, 0.25) is 0 Å². The lowest BCUT2D eigenvalue weighted by Crippen LogP contribution is -2.36. The van der Waals surface area contributed by atoms with Crippen LogP contribution in [-0.4, -0.2) is 31.2 Å². The molecule has 0 N–H and O–H groups in total. The van der Waals surface area contributed by atoms with Crippen molar-refractivity contribution in [2.75, 3.05) is 6.54 Å². The Morgan fingerprint density at radius 2 is 2.03 bits per heavy atom. The van der Waals surface area contributed by atoms with Crippen LogP contribution in [0, 0.1) is 6.92 Å². The number of carbonyl (C=O) groups excluding carboxylic acids is 1. The van der Waals surface area contributed by atoms with E-state index in [0.29, 0.717) is 17.7 Å². The first kappa shape index (κ1) is 23.5. The highest BCUT2D eigenvalue weighted by Gasteiger charge is 2.24. The standard InChI is InChI=1S/C28H30N4O2S/c1-18(2)8-11-31-25-9-10-30(17-26-19(3)29-28-32(26)12-13-35-28)16-23(25)15-24(27(31)34)22-7-5-6-21(14-22)20(4)33/h5-8,12-15H,9-11,16-17H2,1-4H3. The zero-order valence-electron chi connectivity index (χ0n) is 20.7. The predicted molar refractivity (Wildman–Crippen MR) is 141 cm³/mol. The minimum atomic E-state index is -0.00299. The number of carbonyl (C=O) groups is 1. The third kappa shape index (κ3) is 4.54. The molecule has 180 valence electrons. The van der Waals surface area contributed by atoms with E-state index in [1.165, 1.54) is 16.8 Å². The SMILES string of the molecule is CC(=O)c1cccc(-c2cc3c(n(CC=C(C)C)c2=O)CCN(Cc2c(C)nc4sccn24)C3)c1. The minimum Gasteiger partial charge on any atom is -0.308 e. The summed E-state index contributed by atoms with van der Waals surface area (Å²) in [6.07, 6.45) is 5.01. The molecule has 35 heavy (non-hydrogen) atoms. The lowest BCUT2D eigenvalue weighted by atomic mass is 9.97. The maximum atomic E-state index is 13.7. The molecule has 0 spiro atoms. The Balaban J connectivity index is 1.56. The van der Waals surface area contributed by atoms with Gasteiger partial charge in [0.1, 0.15) is 0 Å². The summed E-state index contributed by atoms with van der Waals surface area (Å²) in [5.74, 6) is -0.00299. The highest BCUT2D eigenvalue weighted by Crippen LogP contribution is 2.27. The first-order chi connectivity index (χ1) is 16.8. The molecular weight excluding hydrogens is 456 g/mol. The Morgan fingerprint density at radius 3 is 2.80 bits per heavy atom. The van der Waals surface area contributed by atoms with Crippen molar-refractivity contribution in [1.82, 2.24) is 18.9 Å². The molecule has 0 aliphatic carbocycles. The molecule has 0 amide bonds. The number of aromatic nitrogens is 3. The van der Waals surface area contributed by atoms with Gasteiger partial charge in [-0.3, -0.25) is 18.9 Å². The molecule has 5 rings (SSSR count). The fraction of sp³-hybridized carbons (Fsp3) is 0.321. The van der Waals surface area contributed by atoms with Crippen molar-refractivity contribution in [2.24, 2.45) is 0 Å². The molecule has 0 unspecified atom stereocenters. The van der Waals surface area contributed by atoms with Crippen LogP contribution in [-0.2, 0) is 26.1 Å². The molecule has 4 heterocycles. The third-order valence-electron chi connectivity index (χ3n) is 6.75. The summed E-state index contributed by atoms with van der Waals surface area (Å²) in [6, 6.07) is 9.45. The van der Waals surface area contributed by atoms with Gasteiger partial charge in [-0.25, -0.2) is 4.98 Å². The Kier molecular flexibility index (Phi) is 6.30. The van der Waals surface area contributed by atoms with Gasteiger partial charge in [-0.1, -0.05) is 29.8 Å². The molecule has 0 saturated heterocycles. The average Bonchev–Trinajstić information content (AvgIpc) is 3.40. The lowest BCUT2D eigenvalue weighted by Gasteiger charge is -2.31. The average molecular weight is 487 g/mol. The van der Waals surface area contributed by atoms with Crippen LogP contribution < -0.4 is 5.56 Å². The van der Waals surface area contributed by atoms with Gasteiger partial charge in [0.05, 0.1) is 11.4 Å².